The standard InChI is InChI=1S/C16H20FN3O3S/c1-11-3-4-12(9-13(11)17)10-24(21,22)19-14-6-8-23-16(14)15-5-7-18-20(15)2/h3-5,7,9,14,16,19H,6,8,10H2,1-2H3/t14-,16-/m0/s1. The maximum absolute atomic E-state index is 13.6. The van der Waals surface area contributed by atoms with Crippen LogP contribution in [0.15, 0.2) is 30.5 Å². The Morgan fingerprint density at radius 3 is 2.88 bits per heavy atom. The predicted octanol–water partition coefficient (Wildman–Crippen LogP) is 1.82. The molecular weight excluding hydrogens is 333 g/mol. The van der Waals surface area contributed by atoms with E-state index in [9.17, 15) is 12.8 Å². The van der Waals surface area contributed by atoms with Gasteiger partial charge in [-0.3, -0.25) is 4.68 Å². The van der Waals surface area contributed by atoms with Gasteiger partial charge in [0.1, 0.15) is 11.9 Å². The van der Waals surface area contributed by atoms with E-state index in [-0.39, 0.29) is 17.9 Å². The van der Waals surface area contributed by atoms with Gasteiger partial charge in [0.05, 0.1) is 17.5 Å². The average molecular weight is 353 g/mol. The zero-order valence-electron chi connectivity index (χ0n) is 13.6. The highest BCUT2D eigenvalue weighted by atomic mass is 32.2. The fourth-order valence-electron chi connectivity index (χ4n) is 2.88. The second-order valence-electron chi connectivity index (χ2n) is 6.03. The molecular formula is C16H20FN3O3S. The number of aryl methyl sites for hydroxylation is 2. The van der Waals surface area contributed by atoms with Crippen molar-refractivity contribution >= 4 is 10.0 Å². The molecule has 8 heteroatoms. The first-order chi connectivity index (χ1) is 11.4. The quantitative estimate of drug-likeness (QED) is 0.890. The number of halogens is 1. The van der Waals surface area contributed by atoms with Gasteiger partial charge in [-0.2, -0.15) is 5.10 Å². The fraction of sp³-hybridized carbons (Fsp3) is 0.438. The molecule has 0 spiro atoms. The van der Waals surface area contributed by atoms with Gasteiger partial charge in [-0.15, -0.1) is 0 Å². The first kappa shape index (κ1) is 17.1. The molecule has 2 heterocycles. The second kappa shape index (κ2) is 6.62. The Hall–Kier alpha value is -1.77. The summed E-state index contributed by atoms with van der Waals surface area (Å²) in [6.07, 6.45) is 1.86. The Labute approximate surface area is 140 Å². The lowest BCUT2D eigenvalue weighted by Gasteiger charge is -2.20. The van der Waals surface area contributed by atoms with Crippen molar-refractivity contribution in [3.63, 3.8) is 0 Å². The highest BCUT2D eigenvalue weighted by molar-refractivity contribution is 7.88. The van der Waals surface area contributed by atoms with Crippen LogP contribution in [0.5, 0.6) is 0 Å². The lowest BCUT2D eigenvalue weighted by Crippen LogP contribution is -2.38. The molecule has 0 aliphatic carbocycles. The van der Waals surface area contributed by atoms with Crippen molar-refractivity contribution in [3.8, 4) is 0 Å². The van der Waals surface area contributed by atoms with E-state index >= 15 is 0 Å². The van der Waals surface area contributed by atoms with Gasteiger partial charge in [0, 0.05) is 19.9 Å². The highest BCUT2D eigenvalue weighted by Crippen LogP contribution is 2.29. The summed E-state index contributed by atoms with van der Waals surface area (Å²) < 4.78 is 48.5. The summed E-state index contributed by atoms with van der Waals surface area (Å²) in [5.74, 6) is -0.668. The number of nitrogens with zero attached hydrogens (tertiary/aromatic N) is 2. The molecule has 6 nitrogen and oxygen atoms in total. The van der Waals surface area contributed by atoms with Gasteiger partial charge in [-0.05, 0) is 36.6 Å². The number of aromatic nitrogens is 2. The van der Waals surface area contributed by atoms with E-state index in [0.29, 0.717) is 24.2 Å². The topological polar surface area (TPSA) is 73.2 Å². The van der Waals surface area contributed by atoms with Crippen LogP contribution in [0.2, 0.25) is 0 Å². The average Bonchev–Trinajstić information content (AvgIpc) is 3.10. The van der Waals surface area contributed by atoms with E-state index in [1.807, 2.05) is 6.07 Å². The third-order valence-electron chi connectivity index (χ3n) is 4.17. The molecule has 1 aliphatic rings. The molecule has 24 heavy (non-hydrogen) atoms. The Kier molecular flexibility index (Phi) is 4.71. The molecule has 1 fully saturated rings. The summed E-state index contributed by atoms with van der Waals surface area (Å²) in [4.78, 5) is 0. The Morgan fingerprint density at radius 1 is 1.42 bits per heavy atom. The fourth-order valence-corrected chi connectivity index (χ4v) is 4.29. The third kappa shape index (κ3) is 3.66. The number of rotatable bonds is 5. The Balaban J connectivity index is 1.73. The van der Waals surface area contributed by atoms with Gasteiger partial charge in [0.2, 0.25) is 10.0 Å². The van der Waals surface area contributed by atoms with Crippen molar-refractivity contribution in [2.75, 3.05) is 6.61 Å². The van der Waals surface area contributed by atoms with Crippen molar-refractivity contribution in [1.29, 1.82) is 0 Å². The molecule has 3 rings (SSSR count). The zero-order chi connectivity index (χ0) is 17.3. The molecule has 130 valence electrons. The van der Waals surface area contributed by atoms with E-state index in [2.05, 4.69) is 9.82 Å². The summed E-state index contributed by atoms with van der Waals surface area (Å²) in [6, 6.07) is 5.92. The van der Waals surface area contributed by atoms with E-state index in [1.54, 1.807) is 37.0 Å². The van der Waals surface area contributed by atoms with Crippen LogP contribution in [0.1, 0.15) is 29.3 Å². The Bertz CT molecular complexity index is 835. The zero-order valence-corrected chi connectivity index (χ0v) is 14.4. The number of nitrogens with one attached hydrogen (secondary N) is 1. The number of sulfonamides is 1. The van der Waals surface area contributed by atoms with Crippen LogP contribution in [-0.2, 0) is 27.6 Å². The first-order valence-corrected chi connectivity index (χ1v) is 9.35. The first-order valence-electron chi connectivity index (χ1n) is 7.70. The van der Waals surface area contributed by atoms with Crippen LogP contribution >= 0.6 is 0 Å². The summed E-state index contributed by atoms with van der Waals surface area (Å²) in [5.41, 5.74) is 1.73. The molecule has 0 radical (unpaired) electrons. The van der Waals surface area contributed by atoms with Gasteiger partial charge in [0.15, 0.2) is 0 Å². The SMILES string of the molecule is Cc1ccc(CS(=O)(=O)N[C@H]2CCO[C@@H]2c2ccnn2C)cc1F. The van der Waals surface area contributed by atoms with Gasteiger partial charge in [-0.25, -0.2) is 17.5 Å². The van der Waals surface area contributed by atoms with Crippen LogP contribution < -0.4 is 4.72 Å². The van der Waals surface area contributed by atoms with Crippen LogP contribution in [0, 0.1) is 12.7 Å². The van der Waals surface area contributed by atoms with E-state index in [4.69, 9.17) is 4.74 Å². The van der Waals surface area contributed by atoms with Crippen LogP contribution in [-0.4, -0.2) is 30.8 Å². The molecule has 2 atom stereocenters. The van der Waals surface area contributed by atoms with Gasteiger partial charge >= 0.3 is 0 Å². The molecule has 1 aliphatic heterocycles. The van der Waals surface area contributed by atoms with Crippen LogP contribution in [0.3, 0.4) is 0 Å². The molecule has 2 aromatic rings. The normalized spacial score (nSPS) is 21.3. The van der Waals surface area contributed by atoms with Crippen LogP contribution in [0.25, 0.3) is 0 Å². The third-order valence-corrected chi connectivity index (χ3v) is 5.54. The predicted molar refractivity (Wildman–Crippen MR) is 87.2 cm³/mol. The van der Waals surface area contributed by atoms with Crippen molar-refractivity contribution < 1.29 is 17.5 Å². The van der Waals surface area contributed by atoms with E-state index in [1.165, 1.54) is 6.07 Å². The molecule has 1 aromatic carbocycles. The molecule has 0 unspecified atom stereocenters. The molecule has 0 saturated carbocycles. The summed E-state index contributed by atoms with van der Waals surface area (Å²) >= 11 is 0. The lowest BCUT2D eigenvalue weighted by molar-refractivity contribution is 0.0959. The molecule has 1 saturated heterocycles. The summed E-state index contributed by atoms with van der Waals surface area (Å²) in [5, 5.41) is 4.10. The van der Waals surface area contributed by atoms with Gasteiger partial charge in [0.25, 0.3) is 0 Å². The lowest BCUT2D eigenvalue weighted by atomic mass is 10.1. The van der Waals surface area contributed by atoms with Crippen molar-refractivity contribution in [2.24, 2.45) is 7.05 Å². The number of benzene rings is 1. The summed E-state index contributed by atoms with van der Waals surface area (Å²) in [7, 11) is -1.82. The van der Waals surface area contributed by atoms with Gasteiger partial charge in [-0.1, -0.05) is 12.1 Å². The van der Waals surface area contributed by atoms with Crippen LogP contribution in [0.4, 0.5) is 4.39 Å². The highest BCUT2D eigenvalue weighted by Gasteiger charge is 2.34. The van der Waals surface area contributed by atoms with Crippen molar-refractivity contribution in [1.82, 2.24) is 14.5 Å². The number of hydrogen-bond acceptors (Lipinski definition) is 4. The van der Waals surface area contributed by atoms with Crippen molar-refractivity contribution in [2.45, 2.75) is 31.2 Å². The van der Waals surface area contributed by atoms with Crippen molar-refractivity contribution in [3.05, 3.63) is 53.1 Å². The molecule has 0 amide bonds. The smallest absolute Gasteiger partial charge is 0.216 e. The molecule has 1 aromatic heterocycles. The minimum atomic E-state index is -3.61. The molecule has 0 bridgehead atoms. The Morgan fingerprint density at radius 2 is 2.21 bits per heavy atom. The minimum absolute atomic E-state index is 0.265. The van der Waals surface area contributed by atoms with Gasteiger partial charge < -0.3 is 4.74 Å². The molecule has 1 N–H and O–H groups in total. The van der Waals surface area contributed by atoms with E-state index in [0.717, 1.165) is 5.69 Å². The maximum atomic E-state index is 13.6. The summed E-state index contributed by atoms with van der Waals surface area (Å²) in [6.45, 7) is 2.11. The van der Waals surface area contributed by atoms with E-state index < -0.39 is 15.8 Å². The monoisotopic (exact) mass is 353 g/mol. The number of ether oxygens (including phenoxy) is 1. The number of hydrogen-bond donors (Lipinski definition) is 1. The minimum Gasteiger partial charge on any atom is -0.370 e. The maximum Gasteiger partial charge on any atom is 0.216 e. The second-order valence-corrected chi connectivity index (χ2v) is 7.78. The largest absolute Gasteiger partial charge is 0.370 e.